The van der Waals surface area contributed by atoms with Gasteiger partial charge in [-0.3, -0.25) is 4.79 Å². The summed E-state index contributed by atoms with van der Waals surface area (Å²) in [6.45, 7) is 0. The smallest absolute Gasteiger partial charge is 0.281 e. The number of methoxy groups -OCH3 is 1. The zero-order valence-electron chi connectivity index (χ0n) is 17.7. The first kappa shape index (κ1) is 22.5. The Labute approximate surface area is 195 Å². The van der Waals surface area contributed by atoms with E-state index in [1.54, 1.807) is 32.4 Å². The third kappa shape index (κ3) is 4.46. The van der Waals surface area contributed by atoms with Crippen molar-refractivity contribution in [1.82, 2.24) is 9.29 Å². The average Bonchev–Trinajstić information content (AvgIpc) is 3.14. The number of nitrogens with zero attached hydrogens (tertiary/aromatic N) is 1. The number of carbonyl (C=O) groups is 1. The Morgan fingerprint density at radius 2 is 1.79 bits per heavy atom. The number of carbonyl (C=O) groups excluding carboxylic acids is 1. The van der Waals surface area contributed by atoms with Crippen molar-refractivity contribution in [1.29, 1.82) is 0 Å². The molecule has 4 rings (SSSR count). The molecule has 0 saturated heterocycles. The molecule has 3 N–H and O–H groups in total. The van der Waals surface area contributed by atoms with Gasteiger partial charge >= 0.3 is 0 Å². The highest BCUT2D eigenvalue weighted by atomic mass is 35.5. The first-order chi connectivity index (χ1) is 15.7. The summed E-state index contributed by atoms with van der Waals surface area (Å²) in [5.74, 6) is -0.220. The lowest BCUT2D eigenvalue weighted by Gasteiger charge is -2.11. The van der Waals surface area contributed by atoms with Crippen LogP contribution in [0.1, 0.15) is 10.5 Å². The van der Waals surface area contributed by atoms with Crippen molar-refractivity contribution in [2.45, 2.75) is 4.90 Å². The Morgan fingerprint density at radius 3 is 2.48 bits per heavy atom. The molecule has 8 nitrogen and oxygen atoms in total. The molecule has 0 aliphatic heterocycles. The molecule has 3 aromatic carbocycles. The van der Waals surface area contributed by atoms with Crippen molar-refractivity contribution in [3.05, 3.63) is 77.4 Å². The molecule has 33 heavy (non-hydrogen) atoms. The van der Waals surface area contributed by atoms with Crippen LogP contribution in [-0.2, 0) is 17.1 Å². The number of nitrogens with one attached hydrogen (secondary N) is 2. The van der Waals surface area contributed by atoms with E-state index in [1.807, 2.05) is 24.3 Å². The number of anilines is 2. The number of benzene rings is 3. The maximum absolute atomic E-state index is 12.9. The number of phenols is 1. The number of hydrogen-bond donors (Lipinski definition) is 3. The van der Waals surface area contributed by atoms with E-state index in [-0.39, 0.29) is 16.3 Å². The number of sulfonamides is 1. The Bertz CT molecular complexity index is 1460. The second-order valence-corrected chi connectivity index (χ2v) is 9.32. The summed E-state index contributed by atoms with van der Waals surface area (Å²) >= 11 is 6.40. The monoisotopic (exact) mass is 485 g/mol. The van der Waals surface area contributed by atoms with Crippen molar-refractivity contribution < 1.29 is 23.1 Å². The molecule has 0 spiro atoms. The largest absolute Gasteiger partial charge is 0.508 e. The number of rotatable bonds is 6. The SMILES string of the molecule is COc1cccc(Nc2ccc(Cl)c3c2cc(C(=O)NS(=O)(=O)c2ccc(O)cc2)n3C)c1. The summed E-state index contributed by atoms with van der Waals surface area (Å²) in [4.78, 5) is 12.8. The fourth-order valence-electron chi connectivity index (χ4n) is 3.46. The number of ether oxygens (including phenoxy) is 1. The van der Waals surface area contributed by atoms with E-state index in [2.05, 4.69) is 10.0 Å². The van der Waals surface area contributed by atoms with Crippen LogP contribution in [-0.4, -0.2) is 31.1 Å². The number of halogens is 1. The highest BCUT2D eigenvalue weighted by Gasteiger charge is 2.23. The first-order valence-electron chi connectivity index (χ1n) is 9.75. The second-order valence-electron chi connectivity index (χ2n) is 7.23. The molecule has 10 heteroatoms. The zero-order valence-corrected chi connectivity index (χ0v) is 19.2. The molecule has 0 bridgehead atoms. The molecule has 1 heterocycles. The third-order valence-electron chi connectivity index (χ3n) is 5.10. The van der Waals surface area contributed by atoms with Crippen molar-refractivity contribution in [3.8, 4) is 11.5 Å². The lowest BCUT2D eigenvalue weighted by Crippen LogP contribution is -2.31. The van der Waals surface area contributed by atoms with Crippen molar-refractivity contribution in [2.75, 3.05) is 12.4 Å². The predicted octanol–water partition coefficient (Wildman–Crippen LogP) is 4.41. The van der Waals surface area contributed by atoms with E-state index in [1.165, 1.54) is 28.8 Å². The maximum atomic E-state index is 12.9. The number of hydrogen-bond acceptors (Lipinski definition) is 6. The lowest BCUT2D eigenvalue weighted by molar-refractivity contribution is 0.0974. The van der Waals surface area contributed by atoms with E-state index in [4.69, 9.17) is 16.3 Å². The van der Waals surface area contributed by atoms with Crippen LogP contribution >= 0.6 is 11.6 Å². The summed E-state index contributed by atoms with van der Waals surface area (Å²) in [6.07, 6.45) is 0. The van der Waals surface area contributed by atoms with Crippen LogP contribution in [0.25, 0.3) is 10.9 Å². The van der Waals surface area contributed by atoms with Gasteiger partial charge in [0.1, 0.15) is 17.2 Å². The van der Waals surface area contributed by atoms with Crippen LogP contribution in [0.4, 0.5) is 11.4 Å². The molecule has 1 amide bonds. The summed E-state index contributed by atoms with van der Waals surface area (Å²) in [5, 5.41) is 13.7. The van der Waals surface area contributed by atoms with Crippen molar-refractivity contribution in [2.24, 2.45) is 7.05 Å². The van der Waals surface area contributed by atoms with Gasteiger partial charge in [-0.1, -0.05) is 17.7 Å². The van der Waals surface area contributed by atoms with Crippen LogP contribution < -0.4 is 14.8 Å². The fourth-order valence-corrected chi connectivity index (χ4v) is 4.72. The molecule has 0 unspecified atom stereocenters. The second kappa shape index (κ2) is 8.68. The normalized spacial score (nSPS) is 11.4. The molecular formula is C23H20ClN3O5S. The van der Waals surface area contributed by atoms with E-state index < -0.39 is 15.9 Å². The van der Waals surface area contributed by atoms with Crippen LogP contribution in [0.3, 0.4) is 0 Å². The van der Waals surface area contributed by atoms with Gasteiger partial charge in [0.2, 0.25) is 0 Å². The van der Waals surface area contributed by atoms with Gasteiger partial charge < -0.3 is 19.7 Å². The summed E-state index contributed by atoms with van der Waals surface area (Å²) in [6, 6.07) is 17.3. The molecule has 0 fully saturated rings. The minimum atomic E-state index is -4.14. The minimum absolute atomic E-state index is 0.0836. The van der Waals surface area contributed by atoms with E-state index in [0.717, 1.165) is 5.69 Å². The number of aryl methyl sites for hydroxylation is 1. The van der Waals surface area contributed by atoms with E-state index >= 15 is 0 Å². The Morgan fingerprint density at radius 1 is 1.06 bits per heavy atom. The zero-order chi connectivity index (χ0) is 23.8. The number of amides is 1. The number of aromatic hydroxyl groups is 1. The van der Waals surface area contributed by atoms with E-state index in [9.17, 15) is 18.3 Å². The number of fused-ring (bicyclic) bond motifs is 1. The molecule has 0 aliphatic rings. The average molecular weight is 486 g/mol. The Kier molecular flexibility index (Phi) is 5.92. The van der Waals surface area contributed by atoms with Gasteiger partial charge in [0.05, 0.1) is 22.5 Å². The van der Waals surface area contributed by atoms with Gasteiger partial charge in [-0.05, 0) is 54.6 Å². The number of aromatic nitrogens is 1. The van der Waals surface area contributed by atoms with Crippen LogP contribution in [0.5, 0.6) is 11.5 Å². The van der Waals surface area contributed by atoms with E-state index in [0.29, 0.717) is 27.4 Å². The topological polar surface area (TPSA) is 110 Å². The molecule has 0 saturated carbocycles. The predicted molar refractivity (Wildman–Crippen MR) is 127 cm³/mol. The third-order valence-corrected chi connectivity index (χ3v) is 6.75. The highest BCUT2D eigenvalue weighted by Crippen LogP contribution is 2.34. The first-order valence-corrected chi connectivity index (χ1v) is 11.6. The van der Waals surface area contributed by atoms with Crippen molar-refractivity contribution >= 4 is 49.8 Å². The van der Waals surface area contributed by atoms with Gasteiger partial charge in [0.15, 0.2) is 0 Å². The van der Waals surface area contributed by atoms with Gasteiger partial charge in [-0.25, -0.2) is 13.1 Å². The van der Waals surface area contributed by atoms with Crippen LogP contribution in [0.2, 0.25) is 5.02 Å². The molecule has 0 radical (unpaired) electrons. The summed E-state index contributed by atoms with van der Waals surface area (Å²) in [7, 11) is -0.934. The molecule has 1 aromatic heterocycles. The number of phenolic OH excluding ortho intramolecular Hbond substituents is 1. The van der Waals surface area contributed by atoms with Crippen molar-refractivity contribution in [3.63, 3.8) is 0 Å². The summed E-state index contributed by atoms with van der Waals surface area (Å²) < 4.78 is 34.1. The maximum Gasteiger partial charge on any atom is 0.281 e. The van der Waals surface area contributed by atoms with Gasteiger partial charge in [-0.15, -0.1) is 0 Å². The molecule has 0 aliphatic carbocycles. The van der Waals surface area contributed by atoms with Crippen LogP contribution in [0, 0.1) is 0 Å². The lowest BCUT2D eigenvalue weighted by atomic mass is 10.2. The van der Waals surface area contributed by atoms with Crippen LogP contribution in [0.15, 0.2) is 71.6 Å². The minimum Gasteiger partial charge on any atom is -0.508 e. The quantitative estimate of drug-likeness (QED) is 0.373. The molecule has 170 valence electrons. The molecule has 0 atom stereocenters. The molecule has 4 aromatic rings. The van der Waals surface area contributed by atoms with Gasteiger partial charge in [-0.2, -0.15) is 0 Å². The highest BCUT2D eigenvalue weighted by molar-refractivity contribution is 7.90. The Hall–Kier alpha value is -3.69. The fraction of sp³-hybridized carbons (Fsp3) is 0.0870. The molecular weight excluding hydrogens is 466 g/mol. The standard InChI is InChI=1S/C23H20ClN3O5S/c1-27-21(23(29)26-33(30,31)17-8-6-15(28)7-9-17)13-18-20(11-10-19(24)22(18)27)25-14-4-3-5-16(12-14)32-2/h3-13,25,28H,1-2H3,(H,26,29). The Balaban J connectivity index is 1.71. The van der Waals surface area contributed by atoms with Gasteiger partial charge in [0.25, 0.3) is 15.9 Å². The summed E-state index contributed by atoms with van der Waals surface area (Å²) in [5.41, 5.74) is 2.12. The van der Waals surface area contributed by atoms with Gasteiger partial charge in [0, 0.05) is 29.9 Å².